The van der Waals surface area contributed by atoms with Gasteiger partial charge in [0.15, 0.2) is 22.9 Å². The Bertz CT molecular complexity index is 511. The van der Waals surface area contributed by atoms with Crippen molar-refractivity contribution in [3.05, 3.63) is 35.3 Å². The second-order valence-electron chi connectivity index (χ2n) is 3.28. The van der Waals surface area contributed by atoms with E-state index in [9.17, 15) is 9.18 Å². The Morgan fingerprint density at radius 3 is 2.79 bits per heavy atom. The highest BCUT2D eigenvalue weighted by molar-refractivity contribution is 5.96. The maximum atomic E-state index is 13.5. The molecule has 2 aromatic rings. The molecule has 0 saturated heterocycles. The van der Waals surface area contributed by atoms with Crippen molar-refractivity contribution in [1.29, 1.82) is 0 Å². The summed E-state index contributed by atoms with van der Waals surface area (Å²) in [5.41, 5.74) is 0.678. The lowest BCUT2D eigenvalue weighted by Gasteiger charge is -1.94. The molecule has 3 heteroatoms. The van der Waals surface area contributed by atoms with E-state index < -0.39 is 5.82 Å². The summed E-state index contributed by atoms with van der Waals surface area (Å²) in [5.74, 6) is -0.391. The number of ketones is 1. The Labute approximate surface area is 80.3 Å². The van der Waals surface area contributed by atoms with Crippen molar-refractivity contribution in [2.75, 3.05) is 0 Å². The number of carbonyl (C=O) groups is 1. The van der Waals surface area contributed by atoms with Crippen LogP contribution in [0.15, 0.2) is 22.6 Å². The van der Waals surface area contributed by atoms with Crippen molar-refractivity contribution in [3.8, 4) is 0 Å². The number of rotatable bonds is 1. The van der Waals surface area contributed by atoms with Gasteiger partial charge in [-0.1, -0.05) is 12.1 Å². The Balaban J connectivity index is 2.77. The van der Waals surface area contributed by atoms with Gasteiger partial charge in [0.2, 0.25) is 0 Å². The average Bonchev–Trinajstić information content (AvgIpc) is 2.56. The summed E-state index contributed by atoms with van der Waals surface area (Å²) in [6, 6.07) is 4.96. The van der Waals surface area contributed by atoms with Gasteiger partial charge in [0.05, 0.1) is 0 Å². The second-order valence-corrected chi connectivity index (χ2v) is 3.28. The first-order valence-corrected chi connectivity index (χ1v) is 4.29. The van der Waals surface area contributed by atoms with E-state index in [-0.39, 0.29) is 17.1 Å². The third kappa shape index (κ3) is 1.21. The standard InChI is InChI=1S/C11H9FO2/c1-6-3-4-8-5-9(7(2)13)14-11(8)10(6)12/h3-5H,1-2H3. The molecule has 0 unspecified atom stereocenters. The highest BCUT2D eigenvalue weighted by atomic mass is 19.1. The summed E-state index contributed by atoms with van der Waals surface area (Å²) in [6.45, 7) is 3.05. The Kier molecular flexibility index (Phi) is 1.88. The van der Waals surface area contributed by atoms with Crippen molar-refractivity contribution < 1.29 is 13.6 Å². The van der Waals surface area contributed by atoms with Crippen molar-refractivity contribution in [3.63, 3.8) is 0 Å². The lowest BCUT2D eigenvalue weighted by Crippen LogP contribution is -1.85. The molecule has 0 saturated carbocycles. The molecule has 0 aliphatic heterocycles. The van der Waals surface area contributed by atoms with Gasteiger partial charge in [-0.05, 0) is 18.6 Å². The minimum atomic E-state index is -0.394. The topological polar surface area (TPSA) is 30.2 Å². The first kappa shape index (κ1) is 8.94. The quantitative estimate of drug-likeness (QED) is 0.650. The molecule has 0 fully saturated rings. The zero-order chi connectivity index (χ0) is 10.3. The molecule has 2 rings (SSSR count). The SMILES string of the molecule is CC(=O)c1cc2ccc(C)c(F)c2o1. The minimum absolute atomic E-state index is 0.162. The first-order valence-electron chi connectivity index (χ1n) is 4.29. The van der Waals surface area contributed by atoms with Gasteiger partial charge >= 0.3 is 0 Å². The van der Waals surface area contributed by atoms with Crippen molar-refractivity contribution in [1.82, 2.24) is 0 Å². The lowest BCUT2D eigenvalue weighted by molar-refractivity contribution is 0.0989. The fraction of sp³-hybridized carbons (Fsp3) is 0.182. The number of hydrogen-bond acceptors (Lipinski definition) is 2. The molecule has 0 radical (unpaired) electrons. The molecule has 0 aliphatic carbocycles. The molecular weight excluding hydrogens is 183 g/mol. The summed E-state index contributed by atoms with van der Waals surface area (Å²) in [4.78, 5) is 11.0. The molecule has 0 aliphatic rings. The Hall–Kier alpha value is -1.64. The number of aryl methyl sites for hydroxylation is 1. The number of furan rings is 1. The zero-order valence-electron chi connectivity index (χ0n) is 7.93. The maximum Gasteiger partial charge on any atom is 0.194 e. The number of Topliss-reactive ketones (excluding diaryl/α,β-unsaturated/α-hetero) is 1. The summed E-state index contributed by atoms with van der Waals surface area (Å²) in [5, 5.41) is 0.623. The third-order valence-corrected chi connectivity index (χ3v) is 2.17. The van der Waals surface area contributed by atoms with Crippen LogP contribution in [0.3, 0.4) is 0 Å². The van der Waals surface area contributed by atoms with Crippen LogP contribution in [0.1, 0.15) is 23.0 Å². The van der Waals surface area contributed by atoms with Crippen LogP contribution in [0.2, 0.25) is 0 Å². The lowest BCUT2D eigenvalue weighted by atomic mass is 10.2. The van der Waals surface area contributed by atoms with Crippen LogP contribution in [-0.4, -0.2) is 5.78 Å². The summed E-state index contributed by atoms with van der Waals surface area (Å²) in [7, 11) is 0. The maximum absolute atomic E-state index is 13.5. The monoisotopic (exact) mass is 192 g/mol. The van der Waals surface area contributed by atoms with Gasteiger partial charge in [0, 0.05) is 12.3 Å². The fourth-order valence-electron chi connectivity index (χ4n) is 1.34. The van der Waals surface area contributed by atoms with Gasteiger partial charge in [-0.15, -0.1) is 0 Å². The largest absolute Gasteiger partial charge is 0.450 e. The van der Waals surface area contributed by atoms with E-state index in [1.54, 1.807) is 25.1 Å². The highest BCUT2D eigenvalue weighted by Gasteiger charge is 2.12. The molecule has 14 heavy (non-hydrogen) atoms. The van der Waals surface area contributed by atoms with Gasteiger partial charge in [-0.3, -0.25) is 4.79 Å². The molecule has 1 aromatic heterocycles. The fourth-order valence-corrected chi connectivity index (χ4v) is 1.34. The molecule has 0 amide bonds. The minimum Gasteiger partial charge on any atom is -0.450 e. The van der Waals surface area contributed by atoms with Gasteiger partial charge in [0.1, 0.15) is 0 Å². The number of carbonyl (C=O) groups excluding carboxylic acids is 1. The Morgan fingerprint density at radius 1 is 1.43 bits per heavy atom. The predicted octanol–water partition coefficient (Wildman–Crippen LogP) is 3.08. The van der Waals surface area contributed by atoms with Crippen LogP contribution < -0.4 is 0 Å². The smallest absolute Gasteiger partial charge is 0.194 e. The van der Waals surface area contributed by atoms with Crippen LogP contribution >= 0.6 is 0 Å². The summed E-state index contributed by atoms with van der Waals surface area (Å²) in [6.07, 6.45) is 0. The van der Waals surface area contributed by atoms with E-state index in [4.69, 9.17) is 4.42 Å². The molecule has 72 valence electrons. The first-order chi connectivity index (χ1) is 6.59. The highest BCUT2D eigenvalue weighted by Crippen LogP contribution is 2.24. The van der Waals surface area contributed by atoms with Crippen LogP contribution in [0, 0.1) is 12.7 Å². The van der Waals surface area contributed by atoms with Crippen molar-refractivity contribution >= 4 is 16.8 Å². The zero-order valence-corrected chi connectivity index (χ0v) is 7.93. The van der Waals surface area contributed by atoms with Crippen LogP contribution in [-0.2, 0) is 0 Å². The normalized spacial score (nSPS) is 10.8. The molecule has 0 atom stereocenters. The average molecular weight is 192 g/mol. The number of hydrogen-bond donors (Lipinski definition) is 0. The van der Waals surface area contributed by atoms with E-state index in [1.165, 1.54) is 6.92 Å². The van der Waals surface area contributed by atoms with Gasteiger partial charge in [-0.25, -0.2) is 4.39 Å². The molecule has 0 bridgehead atoms. The second kappa shape index (κ2) is 2.94. The van der Waals surface area contributed by atoms with E-state index in [0.29, 0.717) is 10.9 Å². The molecule has 0 N–H and O–H groups in total. The van der Waals surface area contributed by atoms with Crippen molar-refractivity contribution in [2.45, 2.75) is 13.8 Å². The number of fused-ring (bicyclic) bond motifs is 1. The Morgan fingerprint density at radius 2 is 2.14 bits per heavy atom. The number of halogens is 1. The van der Waals surface area contributed by atoms with Crippen LogP contribution in [0.5, 0.6) is 0 Å². The summed E-state index contributed by atoms with van der Waals surface area (Å²) >= 11 is 0. The molecular formula is C11H9FO2. The van der Waals surface area contributed by atoms with E-state index in [2.05, 4.69) is 0 Å². The van der Waals surface area contributed by atoms with Gasteiger partial charge in [0.25, 0.3) is 0 Å². The van der Waals surface area contributed by atoms with Crippen LogP contribution in [0.25, 0.3) is 11.0 Å². The molecule has 2 nitrogen and oxygen atoms in total. The predicted molar refractivity (Wildman–Crippen MR) is 50.9 cm³/mol. The van der Waals surface area contributed by atoms with E-state index in [0.717, 1.165) is 0 Å². The summed E-state index contributed by atoms with van der Waals surface area (Å²) < 4.78 is 18.6. The molecule has 1 aromatic carbocycles. The van der Waals surface area contributed by atoms with Gasteiger partial charge < -0.3 is 4.42 Å². The molecule has 0 spiro atoms. The molecule has 1 heterocycles. The van der Waals surface area contributed by atoms with Crippen LogP contribution in [0.4, 0.5) is 4.39 Å². The van der Waals surface area contributed by atoms with E-state index >= 15 is 0 Å². The van der Waals surface area contributed by atoms with E-state index in [1.807, 2.05) is 0 Å². The van der Waals surface area contributed by atoms with Gasteiger partial charge in [-0.2, -0.15) is 0 Å². The van der Waals surface area contributed by atoms with Crippen molar-refractivity contribution in [2.24, 2.45) is 0 Å². The third-order valence-electron chi connectivity index (χ3n) is 2.17. The number of benzene rings is 1.